The van der Waals surface area contributed by atoms with E-state index in [2.05, 4.69) is 27.7 Å². The molecule has 1 aliphatic rings. The molecule has 4 heteroatoms. The van der Waals surface area contributed by atoms with Crippen molar-refractivity contribution in [1.29, 1.82) is 0 Å². The van der Waals surface area contributed by atoms with Crippen molar-refractivity contribution < 1.29 is 19.4 Å². The molecule has 168 valence electrons. The van der Waals surface area contributed by atoms with Gasteiger partial charge >= 0.3 is 11.9 Å². The molecule has 3 unspecified atom stereocenters. The fourth-order valence-electron chi connectivity index (χ4n) is 4.16. The van der Waals surface area contributed by atoms with Crippen molar-refractivity contribution in [2.75, 3.05) is 0 Å². The van der Waals surface area contributed by atoms with Crippen LogP contribution in [0.2, 0.25) is 0 Å². The third kappa shape index (κ3) is 11.4. The first-order valence-corrected chi connectivity index (χ1v) is 11.9. The van der Waals surface area contributed by atoms with Crippen molar-refractivity contribution in [3.05, 3.63) is 12.2 Å². The Kier molecular flexibility index (Phi) is 13.0. The highest BCUT2D eigenvalue weighted by Gasteiger charge is 2.36. The van der Waals surface area contributed by atoms with E-state index < -0.39 is 17.8 Å². The quantitative estimate of drug-likeness (QED) is 0.184. The molecule has 1 N–H and O–H groups in total. The van der Waals surface area contributed by atoms with E-state index in [-0.39, 0.29) is 12.1 Å². The molecule has 0 aromatic heterocycles. The zero-order chi connectivity index (χ0) is 21.6. The summed E-state index contributed by atoms with van der Waals surface area (Å²) < 4.78 is 5.83. The average molecular weight is 409 g/mol. The first-order chi connectivity index (χ1) is 13.8. The fourth-order valence-corrected chi connectivity index (χ4v) is 4.16. The minimum atomic E-state index is -0.898. The van der Waals surface area contributed by atoms with Gasteiger partial charge in [0.1, 0.15) is 6.10 Å². The standard InChI is InChI=1S/C25H44O4/c1-19(2)14-10-8-6-5-7-9-11-15-21(18-20(3)4)29-25(28)23-17-13-12-16-22(23)24(26)27/h12-13,19-23H,5-11,14-18H2,1-4H3,(H,26,27). The summed E-state index contributed by atoms with van der Waals surface area (Å²) in [5.41, 5.74) is 0. The Morgan fingerprint density at radius 2 is 1.34 bits per heavy atom. The molecule has 3 atom stereocenters. The first kappa shape index (κ1) is 25.7. The number of hydrogen-bond acceptors (Lipinski definition) is 3. The van der Waals surface area contributed by atoms with E-state index in [1.807, 2.05) is 12.2 Å². The van der Waals surface area contributed by atoms with E-state index in [1.165, 1.54) is 44.9 Å². The summed E-state index contributed by atoms with van der Waals surface area (Å²) in [6.07, 6.45) is 16.4. The van der Waals surface area contributed by atoms with Crippen LogP contribution in [0.5, 0.6) is 0 Å². The number of carboxylic acids is 1. The van der Waals surface area contributed by atoms with Crippen LogP contribution in [-0.4, -0.2) is 23.1 Å². The van der Waals surface area contributed by atoms with E-state index >= 15 is 0 Å². The van der Waals surface area contributed by atoms with Gasteiger partial charge in [-0.05, 0) is 43.9 Å². The molecule has 0 spiro atoms. The minimum Gasteiger partial charge on any atom is -0.481 e. The van der Waals surface area contributed by atoms with E-state index in [9.17, 15) is 14.7 Å². The van der Waals surface area contributed by atoms with Gasteiger partial charge in [-0.25, -0.2) is 0 Å². The van der Waals surface area contributed by atoms with Crippen LogP contribution in [0.25, 0.3) is 0 Å². The highest BCUT2D eigenvalue weighted by Crippen LogP contribution is 2.28. The molecule has 0 aromatic carbocycles. The van der Waals surface area contributed by atoms with Crippen LogP contribution in [0.4, 0.5) is 0 Å². The van der Waals surface area contributed by atoms with Gasteiger partial charge in [-0.15, -0.1) is 0 Å². The van der Waals surface area contributed by atoms with Gasteiger partial charge in [0.25, 0.3) is 0 Å². The first-order valence-electron chi connectivity index (χ1n) is 11.9. The Labute approximate surface area is 178 Å². The average Bonchev–Trinajstić information content (AvgIpc) is 2.65. The minimum absolute atomic E-state index is 0.0890. The molecular weight excluding hydrogens is 364 g/mol. The second-order valence-electron chi connectivity index (χ2n) is 9.63. The number of hydrogen-bond donors (Lipinski definition) is 1. The molecule has 0 aliphatic heterocycles. The number of carboxylic acid groups (broad SMARTS) is 1. The molecule has 4 nitrogen and oxygen atoms in total. The number of rotatable bonds is 15. The van der Waals surface area contributed by atoms with Crippen LogP contribution in [0.15, 0.2) is 12.2 Å². The molecule has 0 aromatic rings. The number of allylic oxidation sites excluding steroid dienone is 2. The largest absolute Gasteiger partial charge is 0.481 e. The summed E-state index contributed by atoms with van der Waals surface area (Å²) >= 11 is 0. The maximum Gasteiger partial charge on any atom is 0.310 e. The van der Waals surface area contributed by atoms with Crippen LogP contribution in [-0.2, 0) is 14.3 Å². The van der Waals surface area contributed by atoms with E-state index in [0.717, 1.165) is 25.2 Å². The molecule has 0 radical (unpaired) electrons. The molecule has 0 amide bonds. The van der Waals surface area contributed by atoms with Gasteiger partial charge < -0.3 is 9.84 Å². The highest BCUT2D eigenvalue weighted by atomic mass is 16.5. The molecular formula is C25H44O4. The van der Waals surface area contributed by atoms with E-state index in [0.29, 0.717) is 18.8 Å². The second kappa shape index (κ2) is 14.6. The molecule has 0 fully saturated rings. The van der Waals surface area contributed by atoms with Crippen molar-refractivity contribution in [1.82, 2.24) is 0 Å². The Balaban J connectivity index is 2.33. The summed E-state index contributed by atoms with van der Waals surface area (Å²) in [6, 6.07) is 0. The van der Waals surface area contributed by atoms with Gasteiger partial charge in [-0.2, -0.15) is 0 Å². The van der Waals surface area contributed by atoms with Crippen molar-refractivity contribution in [3.63, 3.8) is 0 Å². The monoisotopic (exact) mass is 408 g/mol. The van der Waals surface area contributed by atoms with Crippen LogP contribution in [0.3, 0.4) is 0 Å². The Bertz CT molecular complexity index is 495. The molecule has 0 heterocycles. The van der Waals surface area contributed by atoms with E-state index in [1.54, 1.807) is 0 Å². The number of ether oxygens (including phenoxy) is 1. The van der Waals surface area contributed by atoms with Gasteiger partial charge in [-0.3, -0.25) is 9.59 Å². The topological polar surface area (TPSA) is 63.6 Å². The van der Waals surface area contributed by atoms with Gasteiger partial charge in [0.15, 0.2) is 0 Å². The second-order valence-corrected chi connectivity index (χ2v) is 9.63. The van der Waals surface area contributed by atoms with Crippen molar-refractivity contribution in [2.24, 2.45) is 23.7 Å². The Morgan fingerprint density at radius 3 is 1.86 bits per heavy atom. The fraction of sp³-hybridized carbons (Fsp3) is 0.840. The van der Waals surface area contributed by atoms with Gasteiger partial charge in [0.2, 0.25) is 0 Å². The van der Waals surface area contributed by atoms with E-state index in [4.69, 9.17) is 4.74 Å². The molecule has 1 aliphatic carbocycles. The number of carbonyl (C=O) groups excluding carboxylic acids is 1. The lowest BCUT2D eigenvalue weighted by atomic mass is 9.83. The smallest absolute Gasteiger partial charge is 0.310 e. The number of unbranched alkanes of at least 4 members (excludes halogenated alkanes) is 6. The number of esters is 1. The summed E-state index contributed by atoms with van der Waals surface area (Å²) in [5.74, 6) is -1.15. The van der Waals surface area contributed by atoms with Crippen molar-refractivity contribution in [3.8, 4) is 0 Å². The molecule has 0 saturated carbocycles. The normalized spacial score (nSPS) is 20.2. The predicted octanol–water partition coefficient (Wildman–Crippen LogP) is 6.78. The molecule has 0 bridgehead atoms. The summed E-state index contributed by atoms with van der Waals surface area (Å²) in [6.45, 7) is 8.85. The molecule has 0 saturated heterocycles. The van der Waals surface area contributed by atoms with Crippen LogP contribution >= 0.6 is 0 Å². The Hall–Kier alpha value is -1.32. The molecule has 1 rings (SSSR count). The molecule has 29 heavy (non-hydrogen) atoms. The van der Waals surface area contributed by atoms with Gasteiger partial charge in [-0.1, -0.05) is 84.8 Å². The maximum atomic E-state index is 12.7. The zero-order valence-electron chi connectivity index (χ0n) is 19.2. The van der Waals surface area contributed by atoms with Crippen LogP contribution in [0.1, 0.15) is 105 Å². The summed E-state index contributed by atoms with van der Waals surface area (Å²) in [5, 5.41) is 9.40. The lowest BCUT2D eigenvalue weighted by Crippen LogP contribution is -2.34. The van der Waals surface area contributed by atoms with Gasteiger partial charge in [0.05, 0.1) is 11.8 Å². The summed E-state index contributed by atoms with van der Waals surface area (Å²) in [7, 11) is 0. The number of carbonyl (C=O) groups is 2. The summed E-state index contributed by atoms with van der Waals surface area (Å²) in [4.78, 5) is 24.1. The highest BCUT2D eigenvalue weighted by molar-refractivity contribution is 5.81. The van der Waals surface area contributed by atoms with Gasteiger partial charge in [0, 0.05) is 0 Å². The predicted molar refractivity (Wildman–Crippen MR) is 119 cm³/mol. The van der Waals surface area contributed by atoms with Crippen LogP contribution < -0.4 is 0 Å². The lowest BCUT2D eigenvalue weighted by molar-refractivity contribution is -0.162. The van der Waals surface area contributed by atoms with Crippen LogP contribution in [0, 0.1) is 23.7 Å². The van der Waals surface area contributed by atoms with Crippen molar-refractivity contribution >= 4 is 11.9 Å². The maximum absolute atomic E-state index is 12.7. The zero-order valence-corrected chi connectivity index (χ0v) is 19.2. The SMILES string of the molecule is CC(C)CCCCCCCCCC(CC(C)C)OC(=O)C1CC=CCC1C(=O)O. The third-order valence-electron chi connectivity index (χ3n) is 5.88. The number of aliphatic carboxylic acids is 1. The van der Waals surface area contributed by atoms with Crippen molar-refractivity contribution in [2.45, 2.75) is 111 Å². The third-order valence-corrected chi connectivity index (χ3v) is 5.88. The lowest BCUT2D eigenvalue weighted by Gasteiger charge is -2.27. The Morgan fingerprint density at radius 1 is 0.828 bits per heavy atom.